The summed E-state index contributed by atoms with van der Waals surface area (Å²) in [4.78, 5) is 21.3. The molecule has 0 aliphatic carbocycles. The second-order valence-electron chi connectivity index (χ2n) is 3.84. The van der Waals surface area contributed by atoms with Crippen molar-refractivity contribution in [2.45, 2.75) is 26.7 Å². The van der Waals surface area contributed by atoms with Crippen LogP contribution in [0.1, 0.15) is 26.7 Å². The molecule has 0 heterocycles. The van der Waals surface area contributed by atoms with Crippen molar-refractivity contribution in [3.05, 3.63) is 0 Å². The van der Waals surface area contributed by atoms with Gasteiger partial charge in [0.15, 0.2) is 0 Å². The zero-order chi connectivity index (χ0) is 11.7. The van der Waals surface area contributed by atoms with E-state index < -0.39 is 5.97 Å². The normalized spacial score (nSPS) is 10.3. The lowest BCUT2D eigenvalue weighted by atomic mass is 10.2. The van der Waals surface area contributed by atoms with E-state index in [1.54, 1.807) is 0 Å². The van der Waals surface area contributed by atoms with E-state index in [-0.39, 0.29) is 12.3 Å². The number of carboxylic acids is 1. The summed E-state index contributed by atoms with van der Waals surface area (Å²) in [6.07, 6.45) is 0.486. The summed E-state index contributed by atoms with van der Waals surface area (Å²) in [7, 11) is 0. The van der Waals surface area contributed by atoms with Gasteiger partial charge in [-0.25, -0.2) is 0 Å². The summed E-state index contributed by atoms with van der Waals surface area (Å²) in [6.45, 7) is 5.69. The van der Waals surface area contributed by atoms with Crippen molar-refractivity contribution in [3.63, 3.8) is 0 Å². The second kappa shape index (κ2) is 8.23. The number of carboxylic acid groups (broad SMARTS) is 1. The molecule has 0 saturated carbocycles. The Labute approximate surface area is 90.2 Å². The van der Waals surface area contributed by atoms with Crippen molar-refractivity contribution in [2.24, 2.45) is 5.92 Å². The lowest BCUT2D eigenvalue weighted by Crippen LogP contribution is -2.30. The molecule has 15 heavy (non-hydrogen) atoms. The Morgan fingerprint density at radius 2 is 1.80 bits per heavy atom. The number of nitrogens with one attached hydrogen (secondary N) is 2. The lowest BCUT2D eigenvalue weighted by molar-refractivity contribution is -0.136. The number of aliphatic carboxylic acids is 1. The molecule has 0 bridgehead atoms. The van der Waals surface area contributed by atoms with Crippen LogP contribution in [0.3, 0.4) is 0 Å². The van der Waals surface area contributed by atoms with Crippen LogP contribution in [0.15, 0.2) is 0 Å². The van der Waals surface area contributed by atoms with E-state index in [2.05, 4.69) is 10.6 Å². The van der Waals surface area contributed by atoms with E-state index in [1.165, 1.54) is 0 Å². The molecule has 0 aromatic carbocycles. The number of hydrogen-bond acceptors (Lipinski definition) is 3. The third kappa shape index (κ3) is 10.8. The van der Waals surface area contributed by atoms with Crippen molar-refractivity contribution < 1.29 is 14.7 Å². The van der Waals surface area contributed by atoms with Crippen LogP contribution in [-0.2, 0) is 9.59 Å². The van der Waals surface area contributed by atoms with E-state index in [1.807, 2.05) is 13.8 Å². The van der Waals surface area contributed by atoms with Gasteiger partial charge in [0, 0.05) is 26.1 Å². The molecule has 0 radical (unpaired) electrons. The Balaban J connectivity index is 3.28. The van der Waals surface area contributed by atoms with Crippen molar-refractivity contribution >= 4 is 11.9 Å². The topological polar surface area (TPSA) is 78.4 Å². The quantitative estimate of drug-likeness (QED) is 0.507. The maximum absolute atomic E-state index is 11.2. The van der Waals surface area contributed by atoms with Gasteiger partial charge in [-0.1, -0.05) is 13.8 Å². The number of carbonyl (C=O) groups excluding carboxylic acids is 1. The molecule has 0 saturated heterocycles. The van der Waals surface area contributed by atoms with Crippen molar-refractivity contribution in [1.29, 1.82) is 0 Å². The number of carbonyl (C=O) groups is 2. The molecule has 0 rings (SSSR count). The van der Waals surface area contributed by atoms with Gasteiger partial charge in [0.2, 0.25) is 5.91 Å². The first-order chi connectivity index (χ1) is 7.02. The van der Waals surface area contributed by atoms with E-state index in [0.717, 1.165) is 0 Å². The molecule has 0 fully saturated rings. The summed E-state index contributed by atoms with van der Waals surface area (Å²) >= 11 is 0. The molecule has 0 unspecified atom stereocenters. The molecule has 0 aliphatic rings. The zero-order valence-electron chi connectivity index (χ0n) is 9.38. The molecule has 88 valence electrons. The smallest absolute Gasteiger partial charge is 0.304 e. The highest BCUT2D eigenvalue weighted by molar-refractivity contribution is 5.76. The number of rotatable bonds is 8. The Bertz CT molecular complexity index is 205. The molecule has 0 aliphatic heterocycles. The van der Waals surface area contributed by atoms with Crippen LogP contribution >= 0.6 is 0 Å². The molecule has 5 heteroatoms. The standard InChI is InChI=1S/C10H20N2O3/c1-8(2)7-12-9(13)3-5-11-6-4-10(14)15/h8,11H,3-7H2,1-2H3,(H,12,13)(H,14,15). The number of hydrogen-bond donors (Lipinski definition) is 3. The van der Waals surface area contributed by atoms with E-state index >= 15 is 0 Å². The molecule has 3 N–H and O–H groups in total. The predicted octanol–water partition coefficient (Wildman–Crippen LogP) is 0.213. The summed E-state index contributed by atoms with van der Waals surface area (Å²) in [5.41, 5.74) is 0. The van der Waals surface area contributed by atoms with Gasteiger partial charge in [0.05, 0.1) is 6.42 Å². The minimum atomic E-state index is -0.827. The van der Waals surface area contributed by atoms with Crippen LogP contribution in [-0.4, -0.2) is 36.6 Å². The predicted molar refractivity (Wildman–Crippen MR) is 57.6 cm³/mol. The third-order valence-corrected chi connectivity index (χ3v) is 1.75. The zero-order valence-corrected chi connectivity index (χ0v) is 9.38. The third-order valence-electron chi connectivity index (χ3n) is 1.75. The Hall–Kier alpha value is -1.10. The highest BCUT2D eigenvalue weighted by atomic mass is 16.4. The summed E-state index contributed by atoms with van der Waals surface area (Å²) < 4.78 is 0. The van der Waals surface area contributed by atoms with E-state index in [0.29, 0.717) is 32.0 Å². The fourth-order valence-electron chi connectivity index (χ4n) is 0.929. The summed E-state index contributed by atoms with van der Waals surface area (Å²) in [5, 5.41) is 14.0. The van der Waals surface area contributed by atoms with Crippen molar-refractivity contribution in [1.82, 2.24) is 10.6 Å². The molecule has 5 nitrogen and oxygen atoms in total. The van der Waals surface area contributed by atoms with E-state index in [4.69, 9.17) is 5.11 Å². The first-order valence-electron chi connectivity index (χ1n) is 5.21. The minimum Gasteiger partial charge on any atom is -0.481 e. The van der Waals surface area contributed by atoms with Crippen molar-refractivity contribution in [2.75, 3.05) is 19.6 Å². The van der Waals surface area contributed by atoms with Gasteiger partial charge < -0.3 is 15.7 Å². The molecular formula is C10H20N2O3. The van der Waals surface area contributed by atoms with Gasteiger partial charge >= 0.3 is 5.97 Å². The Morgan fingerprint density at radius 1 is 1.20 bits per heavy atom. The molecule has 0 aromatic heterocycles. The Morgan fingerprint density at radius 3 is 2.33 bits per heavy atom. The Kier molecular flexibility index (Phi) is 7.62. The maximum atomic E-state index is 11.2. The van der Waals surface area contributed by atoms with Gasteiger partial charge in [-0.2, -0.15) is 0 Å². The average Bonchev–Trinajstić information content (AvgIpc) is 2.13. The van der Waals surface area contributed by atoms with Crippen LogP contribution in [0.2, 0.25) is 0 Å². The van der Waals surface area contributed by atoms with Crippen LogP contribution in [0, 0.1) is 5.92 Å². The van der Waals surface area contributed by atoms with Gasteiger partial charge in [-0.15, -0.1) is 0 Å². The van der Waals surface area contributed by atoms with E-state index in [9.17, 15) is 9.59 Å². The first kappa shape index (κ1) is 13.9. The molecule has 0 atom stereocenters. The molecular weight excluding hydrogens is 196 g/mol. The van der Waals surface area contributed by atoms with Crippen LogP contribution in [0.4, 0.5) is 0 Å². The van der Waals surface area contributed by atoms with Crippen LogP contribution in [0.25, 0.3) is 0 Å². The molecule has 1 amide bonds. The monoisotopic (exact) mass is 216 g/mol. The lowest BCUT2D eigenvalue weighted by Gasteiger charge is -2.07. The molecule has 0 spiro atoms. The molecule has 0 aromatic rings. The minimum absolute atomic E-state index is 0.00604. The largest absolute Gasteiger partial charge is 0.481 e. The maximum Gasteiger partial charge on any atom is 0.304 e. The fourth-order valence-corrected chi connectivity index (χ4v) is 0.929. The van der Waals surface area contributed by atoms with Crippen molar-refractivity contribution in [3.8, 4) is 0 Å². The van der Waals surface area contributed by atoms with Crippen LogP contribution < -0.4 is 10.6 Å². The van der Waals surface area contributed by atoms with Gasteiger partial charge in [0.1, 0.15) is 0 Å². The highest BCUT2D eigenvalue weighted by Crippen LogP contribution is 1.88. The van der Waals surface area contributed by atoms with Gasteiger partial charge in [0.25, 0.3) is 0 Å². The number of amides is 1. The highest BCUT2D eigenvalue weighted by Gasteiger charge is 2.01. The summed E-state index contributed by atoms with van der Waals surface area (Å²) in [6, 6.07) is 0. The average molecular weight is 216 g/mol. The van der Waals surface area contributed by atoms with Gasteiger partial charge in [-0.3, -0.25) is 9.59 Å². The fraction of sp³-hybridized carbons (Fsp3) is 0.800. The summed E-state index contributed by atoms with van der Waals surface area (Å²) in [5.74, 6) is -0.368. The second-order valence-corrected chi connectivity index (χ2v) is 3.84. The SMILES string of the molecule is CC(C)CNC(=O)CCNCCC(=O)O. The van der Waals surface area contributed by atoms with Crippen LogP contribution in [0.5, 0.6) is 0 Å². The van der Waals surface area contributed by atoms with Gasteiger partial charge in [-0.05, 0) is 5.92 Å². The first-order valence-corrected chi connectivity index (χ1v) is 5.21.